The molecule has 4 nitrogen and oxygen atoms in total. The van der Waals surface area contributed by atoms with Gasteiger partial charge in [0.2, 0.25) is 11.8 Å². The maximum Gasteiger partial charge on any atom is 0.243 e. The zero-order valence-corrected chi connectivity index (χ0v) is 16.2. The molecule has 3 aromatic rings. The molecule has 28 heavy (non-hydrogen) atoms. The standard InChI is InChI=1S/C24H24N2O2/c1-14(2)12-15-13-18-21(22-20(15)17-10-6-7-11-19(17)25-22)24(28)26(23(18)27)16-8-4-3-5-9-16/h3-11,14-15,18,21,25H,12-13H2,1-2H3/t15-,18+,21+/m0/s1. The fourth-order valence-electron chi connectivity index (χ4n) is 5.20. The molecule has 5 rings (SSSR count). The molecule has 2 aromatic carbocycles. The third-order valence-corrected chi connectivity index (χ3v) is 6.23. The molecule has 0 radical (unpaired) electrons. The number of rotatable bonds is 3. The number of fused-ring (bicyclic) bond motifs is 5. The van der Waals surface area contributed by atoms with Crippen molar-refractivity contribution in [3.8, 4) is 0 Å². The van der Waals surface area contributed by atoms with E-state index in [2.05, 4.69) is 31.0 Å². The summed E-state index contributed by atoms with van der Waals surface area (Å²) in [6.07, 6.45) is 1.76. The van der Waals surface area contributed by atoms with Crippen molar-refractivity contribution >= 4 is 28.4 Å². The molecule has 142 valence electrons. The molecule has 1 N–H and O–H groups in total. The fourth-order valence-corrected chi connectivity index (χ4v) is 5.20. The summed E-state index contributed by atoms with van der Waals surface area (Å²) in [5.74, 6) is -0.0211. The van der Waals surface area contributed by atoms with Crippen molar-refractivity contribution in [2.75, 3.05) is 4.90 Å². The molecule has 0 bridgehead atoms. The van der Waals surface area contributed by atoms with Gasteiger partial charge in [-0.15, -0.1) is 0 Å². The van der Waals surface area contributed by atoms with Crippen LogP contribution in [0.25, 0.3) is 10.9 Å². The minimum atomic E-state index is -0.404. The number of nitrogens with one attached hydrogen (secondary N) is 1. The van der Waals surface area contributed by atoms with Crippen LogP contribution in [0.1, 0.15) is 49.8 Å². The average molecular weight is 372 g/mol. The second kappa shape index (κ2) is 6.33. The lowest BCUT2D eigenvalue weighted by Crippen LogP contribution is -2.30. The van der Waals surface area contributed by atoms with Gasteiger partial charge >= 0.3 is 0 Å². The van der Waals surface area contributed by atoms with Crippen LogP contribution in [-0.4, -0.2) is 16.8 Å². The summed E-state index contributed by atoms with van der Waals surface area (Å²) < 4.78 is 0. The van der Waals surface area contributed by atoms with Crippen LogP contribution in [0.15, 0.2) is 54.6 Å². The van der Waals surface area contributed by atoms with E-state index in [9.17, 15) is 9.59 Å². The highest BCUT2D eigenvalue weighted by molar-refractivity contribution is 6.24. The molecular formula is C24H24N2O2. The molecule has 1 aliphatic carbocycles. The SMILES string of the molecule is CC(C)C[C@H]1C[C@H]2C(=O)N(c3ccccc3)C(=O)[C@H]2c2[nH]c3ccccc3c21. The van der Waals surface area contributed by atoms with Crippen LogP contribution in [-0.2, 0) is 9.59 Å². The molecule has 4 heteroatoms. The number of carbonyl (C=O) groups is 2. The van der Waals surface area contributed by atoms with Crippen molar-refractivity contribution in [2.24, 2.45) is 11.8 Å². The van der Waals surface area contributed by atoms with E-state index in [1.807, 2.05) is 42.5 Å². The Morgan fingerprint density at radius 1 is 1.00 bits per heavy atom. The number of aromatic amines is 1. The van der Waals surface area contributed by atoms with Gasteiger partial charge in [0.25, 0.3) is 0 Å². The lowest BCUT2D eigenvalue weighted by atomic mass is 9.71. The summed E-state index contributed by atoms with van der Waals surface area (Å²) in [6, 6.07) is 17.6. The fraction of sp³-hybridized carbons (Fsp3) is 0.333. The monoisotopic (exact) mass is 372 g/mol. The minimum absolute atomic E-state index is 0.0562. The molecule has 3 atom stereocenters. The number of nitrogens with zero attached hydrogens (tertiary/aromatic N) is 1. The molecule has 0 spiro atoms. The summed E-state index contributed by atoms with van der Waals surface area (Å²) in [7, 11) is 0. The van der Waals surface area contributed by atoms with Crippen LogP contribution in [0, 0.1) is 11.8 Å². The number of hydrogen-bond acceptors (Lipinski definition) is 2. The first kappa shape index (κ1) is 17.2. The van der Waals surface area contributed by atoms with Gasteiger partial charge in [0.15, 0.2) is 0 Å². The van der Waals surface area contributed by atoms with Gasteiger partial charge in [-0.25, -0.2) is 4.90 Å². The largest absolute Gasteiger partial charge is 0.357 e. The highest BCUT2D eigenvalue weighted by atomic mass is 16.2. The average Bonchev–Trinajstić information content (AvgIpc) is 3.18. The molecule has 1 fully saturated rings. The second-order valence-corrected chi connectivity index (χ2v) is 8.49. The van der Waals surface area contributed by atoms with Crippen LogP contribution < -0.4 is 4.90 Å². The molecular weight excluding hydrogens is 348 g/mol. The van der Waals surface area contributed by atoms with E-state index in [1.165, 1.54) is 15.8 Å². The van der Waals surface area contributed by atoms with E-state index in [1.54, 1.807) is 0 Å². The van der Waals surface area contributed by atoms with Crippen LogP contribution in [0.4, 0.5) is 5.69 Å². The predicted octanol–water partition coefficient (Wildman–Crippen LogP) is 4.97. The van der Waals surface area contributed by atoms with Gasteiger partial charge in [-0.3, -0.25) is 9.59 Å². The number of imide groups is 1. The van der Waals surface area contributed by atoms with E-state index in [4.69, 9.17) is 0 Å². The van der Waals surface area contributed by atoms with Crippen LogP contribution in [0.2, 0.25) is 0 Å². The van der Waals surface area contributed by atoms with Crippen molar-refractivity contribution in [3.63, 3.8) is 0 Å². The third-order valence-electron chi connectivity index (χ3n) is 6.23. The summed E-state index contributed by atoms with van der Waals surface area (Å²) in [5, 5.41) is 1.19. The third kappa shape index (κ3) is 2.44. The topological polar surface area (TPSA) is 53.2 Å². The van der Waals surface area contributed by atoms with E-state index in [0.717, 1.165) is 24.1 Å². The van der Waals surface area contributed by atoms with Gasteiger partial charge in [-0.05, 0) is 48.4 Å². The number of amides is 2. The summed E-state index contributed by atoms with van der Waals surface area (Å²) in [5.41, 5.74) is 3.94. The molecule has 2 amide bonds. The molecule has 1 saturated heterocycles. The van der Waals surface area contributed by atoms with Gasteiger partial charge in [0.05, 0.1) is 17.5 Å². The maximum absolute atomic E-state index is 13.4. The Kier molecular flexibility index (Phi) is 3.90. The molecule has 1 aromatic heterocycles. The minimum Gasteiger partial charge on any atom is -0.357 e. The number of H-pyrrole nitrogens is 1. The molecule has 1 aliphatic heterocycles. The van der Waals surface area contributed by atoms with E-state index in [-0.39, 0.29) is 17.7 Å². The summed E-state index contributed by atoms with van der Waals surface area (Å²) >= 11 is 0. The zero-order chi connectivity index (χ0) is 19.4. The molecule has 2 heterocycles. The first-order chi connectivity index (χ1) is 13.6. The lowest BCUT2D eigenvalue weighted by Gasteiger charge is -2.30. The first-order valence-electron chi connectivity index (χ1n) is 10.1. The number of aromatic nitrogens is 1. The van der Waals surface area contributed by atoms with Gasteiger partial charge in [0.1, 0.15) is 0 Å². The van der Waals surface area contributed by atoms with Crippen molar-refractivity contribution in [1.29, 1.82) is 0 Å². The highest BCUT2D eigenvalue weighted by Gasteiger charge is 2.53. The number of carbonyl (C=O) groups excluding carboxylic acids is 2. The Labute approximate surface area is 164 Å². The van der Waals surface area contributed by atoms with Crippen LogP contribution in [0.5, 0.6) is 0 Å². The van der Waals surface area contributed by atoms with Crippen LogP contribution in [0.3, 0.4) is 0 Å². The first-order valence-corrected chi connectivity index (χ1v) is 10.1. The van der Waals surface area contributed by atoms with Crippen molar-refractivity contribution in [2.45, 2.75) is 38.5 Å². The number of benzene rings is 2. The molecule has 0 saturated carbocycles. The molecule has 0 unspecified atom stereocenters. The summed E-state index contributed by atoms with van der Waals surface area (Å²) in [6.45, 7) is 4.44. The quantitative estimate of drug-likeness (QED) is 0.660. The van der Waals surface area contributed by atoms with Crippen LogP contribution >= 0.6 is 0 Å². The Morgan fingerprint density at radius 3 is 2.46 bits per heavy atom. The Bertz CT molecular complexity index is 1070. The van der Waals surface area contributed by atoms with Gasteiger partial charge < -0.3 is 4.98 Å². The number of anilines is 1. The van der Waals surface area contributed by atoms with Crippen molar-refractivity contribution in [1.82, 2.24) is 4.98 Å². The number of hydrogen-bond donors (Lipinski definition) is 1. The van der Waals surface area contributed by atoms with Gasteiger partial charge in [-0.2, -0.15) is 0 Å². The Morgan fingerprint density at radius 2 is 1.71 bits per heavy atom. The summed E-state index contributed by atoms with van der Waals surface area (Å²) in [4.78, 5) is 31.6. The molecule has 2 aliphatic rings. The second-order valence-electron chi connectivity index (χ2n) is 8.49. The Hall–Kier alpha value is -2.88. The van der Waals surface area contributed by atoms with E-state index >= 15 is 0 Å². The highest BCUT2D eigenvalue weighted by Crippen LogP contribution is 2.52. The lowest BCUT2D eigenvalue weighted by molar-refractivity contribution is -0.122. The zero-order valence-electron chi connectivity index (χ0n) is 16.2. The normalized spacial score (nSPS) is 24.1. The van der Waals surface area contributed by atoms with E-state index < -0.39 is 5.92 Å². The smallest absolute Gasteiger partial charge is 0.243 e. The van der Waals surface area contributed by atoms with Gasteiger partial charge in [-0.1, -0.05) is 50.2 Å². The van der Waals surface area contributed by atoms with Gasteiger partial charge in [0, 0.05) is 16.6 Å². The Balaban J connectivity index is 1.67. The van der Waals surface area contributed by atoms with Crippen molar-refractivity contribution < 1.29 is 9.59 Å². The maximum atomic E-state index is 13.4. The van der Waals surface area contributed by atoms with Crippen molar-refractivity contribution in [3.05, 3.63) is 65.9 Å². The number of para-hydroxylation sites is 2. The predicted molar refractivity (Wildman–Crippen MR) is 110 cm³/mol. The van der Waals surface area contributed by atoms with E-state index in [0.29, 0.717) is 17.5 Å².